The average Bonchev–Trinajstić information content (AvgIpc) is 2.46. The SMILES string of the molecule is COc1ccc(C)cc1NC(=O)c1ccc(CS(C)(=O)=O)cc1. The summed E-state index contributed by atoms with van der Waals surface area (Å²) in [5.74, 6) is 0.262. The number of hydrogen-bond donors (Lipinski definition) is 1. The molecule has 0 aliphatic heterocycles. The predicted molar refractivity (Wildman–Crippen MR) is 90.7 cm³/mol. The number of benzene rings is 2. The average molecular weight is 333 g/mol. The number of carbonyl (C=O) groups excluding carboxylic acids is 1. The maximum absolute atomic E-state index is 12.3. The van der Waals surface area contributed by atoms with Gasteiger partial charge in [0.2, 0.25) is 0 Å². The van der Waals surface area contributed by atoms with Crippen molar-refractivity contribution in [3.8, 4) is 5.75 Å². The van der Waals surface area contributed by atoms with Gasteiger partial charge in [-0.15, -0.1) is 0 Å². The van der Waals surface area contributed by atoms with Crippen LogP contribution in [0.15, 0.2) is 42.5 Å². The Kier molecular flexibility index (Phi) is 5.05. The molecule has 0 spiro atoms. The molecule has 0 aliphatic carbocycles. The molecule has 0 heterocycles. The molecular weight excluding hydrogens is 314 g/mol. The summed E-state index contributed by atoms with van der Waals surface area (Å²) in [6.45, 7) is 1.93. The number of aryl methyl sites for hydroxylation is 1. The van der Waals surface area contributed by atoms with Crippen molar-refractivity contribution in [2.75, 3.05) is 18.7 Å². The highest BCUT2D eigenvalue weighted by Crippen LogP contribution is 2.25. The van der Waals surface area contributed by atoms with E-state index in [1.54, 1.807) is 37.4 Å². The molecule has 2 rings (SSSR count). The second-order valence-corrected chi connectivity index (χ2v) is 7.57. The van der Waals surface area contributed by atoms with E-state index < -0.39 is 9.84 Å². The van der Waals surface area contributed by atoms with Gasteiger partial charge in [-0.1, -0.05) is 18.2 Å². The molecule has 6 heteroatoms. The molecule has 5 nitrogen and oxygen atoms in total. The van der Waals surface area contributed by atoms with Crippen LogP contribution in [0.3, 0.4) is 0 Å². The van der Waals surface area contributed by atoms with Crippen molar-refractivity contribution < 1.29 is 17.9 Å². The van der Waals surface area contributed by atoms with Crippen LogP contribution in [0.5, 0.6) is 5.75 Å². The standard InChI is InChI=1S/C17H19NO4S/c1-12-4-9-16(22-2)15(10-12)18-17(19)14-7-5-13(6-8-14)11-23(3,20)21/h4-10H,11H2,1-3H3,(H,18,19). The zero-order chi connectivity index (χ0) is 17.0. The van der Waals surface area contributed by atoms with Gasteiger partial charge in [-0.3, -0.25) is 4.79 Å². The highest BCUT2D eigenvalue weighted by molar-refractivity contribution is 7.89. The molecule has 0 bridgehead atoms. The fourth-order valence-electron chi connectivity index (χ4n) is 2.17. The molecule has 122 valence electrons. The first kappa shape index (κ1) is 17.0. The minimum atomic E-state index is -3.09. The highest BCUT2D eigenvalue weighted by Gasteiger charge is 2.11. The Morgan fingerprint density at radius 3 is 2.35 bits per heavy atom. The van der Waals surface area contributed by atoms with Crippen LogP contribution >= 0.6 is 0 Å². The summed E-state index contributed by atoms with van der Waals surface area (Å²) in [4.78, 5) is 12.3. The normalized spacial score (nSPS) is 11.1. The number of amides is 1. The van der Waals surface area contributed by atoms with E-state index in [-0.39, 0.29) is 11.7 Å². The van der Waals surface area contributed by atoms with Crippen LogP contribution in [0, 0.1) is 6.92 Å². The summed E-state index contributed by atoms with van der Waals surface area (Å²) < 4.78 is 27.8. The van der Waals surface area contributed by atoms with E-state index in [0.29, 0.717) is 22.6 Å². The lowest BCUT2D eigenvalue weighted by atomic mass is 10.1. The zero-order valence-electron chi connectivity index (χ0n) is 13.3. The Balaban J connectivity index is 2.17. The maximum atomic E-state index is 12.3. The van der Waals surface area contributed by atoms with Gasteiger partial charge in [-0.2, -0.15) is 0 Å². The van der Waals surface area contributed by atoms with E-state index in [1.165, 1.54) is 6.26 Å². The molecule has 1 amide bonds. The number of anilines is 1. The quantitative estimate of drug-likeness (QED) is 0.913. The third-order valence-electron chi connectivity index (χ3n) is 3.25. The van der Waals surface area contributed by atoms with Gasteiger partial charge in [0, 0.05) is 11.8 Å². The molecule has 1 N–H and O–H groups in total. The van der Waals surface area contributed by atoms with Gasteiger partial charge in [0.25, 0.3) is 5.91 Å². The summed E-state index contributed by atoms with van der Waals surface area (Å²) >= 11 is 0. The smallest absolute Gasteiger partial charge is 0.255 e. The maximum Gasteiger partial charge on any atom is 0.255 e. The monoisotopic (exact) mass is 333 g/mol. The van der Waals surface area contributed by atoms with Crippen LogP contribution in [-0.2, 0) is 15.6 Å². The van der Waals surface area contributed by atoms with Crippen LogP contribution in [0.25, 0.3) is 0 Å². The van der Waals surface area contributed by atoms with Crippen molar-refractivity contribution in [3.05, 3.63) is 59.2 Å². The van der Waals surface area contributed by atoms with Gasteiger partial charge < -0.3 is 10.1 Å². The molecule has 0 radical (unpaired) electrons. The lowest BCUT2D eigenvalue weighted by Gasteiger charge is -2.11. The van der Waals surface area contributed by atoms with Crippen LogP contribution < -0.4 is 10.1 Å². The van der Waals surface area contributed by atoms with E-state index in [4.69, 9.17) is 4.74 Å². The van der Waals surface area contributed by atoms with E-state index in [9.17, 15) is 13.2 Å². The summed E-state index contributed by atoms with van der Waals surface area (Å²) in [6, 6.07) is 12.0. The summed E-state index contributed by atoms with van der Waals surface area (Å²) in [7, 11) is -1.55. The summed E-state index contributed by atoms with van der Waals surface area (Å²) in [5, 5.41) is 2.80. The highest BCUT2D eigenvalue weighted by atomic mass is 32.2. The van der Waals surface area contributed by atoms with E-state index in [2.05, 4.69) is 5.32 Å². The van der Waals surface area contributed by atoms with E-state index in [0.717, 1.165) is 5.56 Å². The topological polar surface area (TPSA) is 72.5 Å². The van der Waals surface area contributed by atoms with Crippen LogP contribution in [0.1, 0.15) is 21.5 Å². The molecule has 0 aromatic heterocycles. The van der Waals surface area contributed by atoms with Gasteiger partial charge in [-0.25, -0.2) is 8.42 Å². The van der Waals surface area contributed by atoms with Gasteiger partial charge in [0.15, 0.2) is 9.84 Å². The second-order valence-electron chi connectivity index (χ2n) is 5.42. The Bertz CT molecular complexity index is 811. The molecule has 23 heavy (non-hydrogen) atoms. The van der Waals surface area contributed by atoms with Crippen molar-refractivity contribution in [1.29, 1.82) is 0 Å². The third kappa shape index (κ3) is 4.82. The van der Waals surface area contributed by atoms with E-state index in [1.807, 2.05) is 19.1 Å². The van der Waals surface area contributed by atoms with E-state index >= 15 is 0 Å². The second kappa shape index (κ2) is 6.83. The fourth-order valence-corrected chi connectivity index (χ4v) is 2.97. The minimum absolute atomic E-state index is 0.0411. The lowest BCUT2D eigenvalue weighted by Crippen LogP contribution is -2.13. The first-order valence-corrected chi connectivity index (χ1v) is 9.07. The predicted octanol–water partition coefficient (Wildman–Crippen LogP) is 2.80. The number of rotatable bonds is 5. The molecule has 2 aromatic rings. The first-order valence-electron chi connectivity index (χ1n) is 7.01. The number of ether oxygens (including phenoxy) is 1. The number of nitrogens with one attached hydrogen (secondary N) is 1. The Morgan fingerprint density at radius 2 is 1.78 bits per heavy atom. The number of methoxy groups -OCH3 is 1. The van der Waals surface area contributed by atoms with Crippen molar-refractivity contribution in [1.82, 2.24) is 0 Å². The molecule has 0 fully saturated rings. The van der Waals surface area contributed by atoms with Crippen LogP contribution in [0.4, 0.5) is 5.69 Å². The Labute approximate surface area is 136 Å². The van der Waals surface area contributed by atoms with Gasteiger partial charge in [0.1, 0.15) is 5.75 Å². The molecule has 0 saturated carbocycles. The minimum Gasteiger partial charge on any atom is -0.495 e. The molecule has 0 saturated heterocycles. The first-order chi connectivity index (χ1) is 10.8. The number of carbonyl (C=O) groups is 1. The van der Waals surface area contributed by atoms with Crippen molar-refractivity contribution >= 4 is 21.4 Å². The molecule has 0 unspecified atom stereocenters. The Morgan fingerprint density at radius 1 is 1.13 bits per heavy atom. The number of sulfone groups is 1. The molecule has 0 aliphatic rings. The Hall–Kier alpha value is -2.34. The van der Waals surface area contributed by atoms with Crippen molar-refractivity contribution in [3.63, 3.8) is 0 Å². The summed E-state index contributed by atoms with van der Waals surface area (Å²) in [6.07, 6.45) is 1.18. The van der Waals surface area contributed by atoms with Gasteiger partial charge in [0.05, 0.1) is 18.6 Å². The molecule has 0 atom stereocenters. The lowest BCUT2D eigenvalue weighted by molar-refractivity contribution is 0.102. The zero-order valence-corrected chi connectivity index (χ0v) is 14.1. The fraction of sp³-hybridized carbons (Fsp3) is 0.235. The van der Waals surface area contributed by atoms with Gasteiger partial charge >= 0.3 is 0 Å². The van der Waals surface area contributed by atoms with Crippen molar-refractivity contribution in [2.45, 2.75) is 12.7 Å². The number of hydrogen-bond acceptors (Lipinski definition) is 4. The van der Waals surface area contributed by atoms with Crippen molar-refractivity contribution in [2.24, 2.45) is 0 Å². The van der Waals surface area contributed by atoms with Crippen LogP contribution in [-0.4, -0.2) is 27.7 Å². The largest absolute Gasteiger partial charge is 0.495 e. The molecule has 2 aromatic carbocycles. The third-order valence-corrected chi connectivity index (χ3v) is 4.11. The van der Waals surface area contributed by atoms with Gasteiger partial charge in [-0.05, 0) is 42.3 Å². The molecular formula is C17H19NO4S. The summed E-state index contributed by atoms with van der Waals surface area (Å²) in [5.41, 5.74) is 2.70. The van der Waals surface area contributed by atoms with Crippen LogP contribution in [0.2, 0.25) is 0 Å².